The molecule has 1 aromatic carbocycles. The molecule has 7 nitrogen and oxygen atoms in total. The lowest BCUT2D eigenvalue weighted by atomic mass is 9.97. The number of hydroxylamine groups is 1. The van der Waals surface area contributed by atoms with E-state index in [0.717, 1.165) is 37.1 Å². The molecule has 25 heavy (non-hydrogen) atoms. The summed E-state index contributed by atoms with van der Waals surface area (Å²) in [7, 11) is 0. The molecule has 136 valence electrons. The maximum Gasteiger partial charge on any atom is 0.338 e. The Bertz CT molecular complexity index is 606. The SMILES string of the molecule is C=CCONC(=O)NCc1cccc(CN2CCCC(C(N)=O)C2)c1. The average molecular weight is 346 g/mol. The number of piperidine rings is 1. The maximum atomic E-state index is 11.6. The molecule has 1 atom stereocenters. The van der Waals surface area contributed by atoms with Crippen molar-refractivity contribution in [3.05, 3.63) is 48.0 Å². The van der Waals surface area contributed by atoms with Crippen molar-refractivity contribution in [2.24, 2.45) is 11.7 Å². The van der Waals surface area contributed by atoms with Gasteiger partial charge in [-0.1, -0.05) is 30.3 Å². The summed E-state index contributed by atoms with van der Waals surface area (Å²) in [6, 6.07) is 7.63. The summed E-state index contributed by atoms with van der Waals surface area (Å²) in [4.78, 5) is 30.1. The fraction of sp³-hybridized carbons (Fsp3) is 0.444. The van der Waals surface area contributed by atoms with E-state index in [1.165, 1.54) is 0 Å². The summed E-state index contributed by atoms with van der Waals surface area (Å²) in [6.07, 6.45) is 3.41. The Hall–Kier alpha value is -2.38. The number of hydrogen-bond donors (Lipinski definition) is 3. The van der Waals surface area contributed by atoms with Gasteiger partial charge in [0.2, 0.25) is 5.91 Å². The number of carbonyl (C=O) groups is 2. The molecule has 0 spiro atoms. The van der Waals surface area contributed by atoms with Gasteiger partial charge in [0.05, 0.1) is 12.5 Å². The number of hydrogen-bond acceptors (Lipinski definition) is 4. The first-order valence-corrected chi connectivity index (χ1v) is 8.44. The van der Waals surface area contributed by atoms with Gasteiger partial charge in [-0.15, -0.1) is 6.58 Å². The molecule has 0 bridgehead atoms. The Morgan fingerprint density at radius 3 is 2.96 bits per heavy atom. The number of nitrogens with two attached hydrogens (primary N) is 1. The van der Waals surface area contributed by atoms with Crippen molar-refractivity contribution in [1.29, 1.82) is 0 Å². The highest BCUT2D eigenvalue weighted by molar-refractivity contribution is 5.77. The number of nitrogens with one attached hydrogen (secondary N) is 2. The molecule has 3 amide bonds. The molecule has 0 radical (unpaired) electrons. The largest absolute Gasteiger partial charge is 0.369 e. The molecule has 7 heteroatoms. The zero-order chi connectivity index (χ0) is 18.1. The third-order valence-electron chi connectivity index (χ3n) is 4.12. The van der Waals surface area contributed by atoms with E-state index < -0.39 is 6.03 Å². The number of carbonyl (C=O) groups excluding carboxylic acids is 2. The van der Waals surface area contributed by atoms with Crippen LogP contribution in [0.4, 0.5) is 4.79 Å². The summed E-state index contributed by atoms with van der Waals surface area (Å²) in [5, 5.41) is 2.73. The van der Waals surface area contributed by atoms with Crippen LogP contribution in [0.2, 0.25) is 0 Å². The second-order valence-electron chi connectivity index (χ2n) is 6.18. The van der Waals surface area contributed by atoms with Crippen molar-refractivity contribution in [1.82, 2.24) is 15.7 Å². The van der Waals surface area contributed by atoms with Gasteiger partial charge in [0.1, 0.15) is 0 Å². The van der Waals surface area contributed by atoms with Gasteiger partial charge in [0, 0.05) is 19.6 Å². The Balaban J connectivity index is 1.83. The van der Waals surface area contributed by atoms with Crippen molar-refractivity contribution in [2.45, 2.75) is 25.9 Å². The van der Waals surface area contributed by atoms with E-state index in [0.29, 0.717) is 13.1 Å². The predicted molar refractivity (Wildman–Crippen MR) is 95.2 cm³/mol. The van der Waals surface area contributed by atoms with Gasteiger partial charge in [0.15, 0.2) is 0 Å². The van der Waals surface area contributed by atoms with E-state index >= 15 is 0 Å². The Labute approximate surface area is 148 Å². The monoisotopic (exact) mass is 346 g/mol. The molecule has 1 unspecified atom stereocenters. The van der Waals surface area contributed by atoms with Crippen molar-refractivity contribution in [3.63, 3.8) is 0 Å². The highest BCUT2D eigenvalue weighted by atomic mass is 16.7. The van der Waals surface area contributed by atoms with Crippen LogP contribution in [0.15, 0.2) is 36.9 Å². The summed E-state index contributed by atoms with van der Waals surface area (Å²) < 4.78 is 0. The first kappa shape index (κ1) is 19.0. The first-order valence-electron chi connectivity index (χ1n) is 8.44. The Morgan fingerprint density at radius 1 is 1.40 bits per heavy atom. The minimum absolute atomic E-state index is 0.0575. The molecule has 1 aliphatic rings. The van der Waals surface area contributed by atoms with Gasteiger partial charge in [0.25, 0.3) is 0 Å². The third kappa shape index (κ3) is 6.56. The first-order chi connectivity index (χ1) is 12.1. The van der Waals surface area contributed by atoms with Crippen LogP contribution >= 0.6 is 0 Å². The number of benzene rings is 1. The zero-order valence-corrected chi connectivity index (χ0v) is 14.4. The van der Waals surface area contributed by atoms with Crippen molar-refractivity contribution in [2.75, 3.05) is 19.7 Å². The Morgan fingerprint density at radius 2 is 2.20 bits per heavy atom. The van der Waals surface area contributed by atoms with Crippen LogP contribution in [0.1, 0.15) is 24.0 Å². The van der Waals surface area contributed by atoms with Gasteiger partial charge in [-0.3, -0.25) is 14.5 Å². The molecule has 0 saturated carbocycles. The van der Waals surface area contributed by atoms with Crippen molar-refractivity contribution in [3.8, 4) is 0 Å². The van der Waals surface area contributed by atoms with E-state index in [1.807, 2.05) is 18.2 Å². The summed E-state index contributed by atoms with van der Waals surface area (Å²) in [5.74, 6) is -0.273. The second-order valence-corrected chi connectivity index (χ2v) is 6.18. The van der Waals surface area contributed by atoms with Gasteiger partial charge >= 0.3 is 6.03 Å². The fourth-order valence-corrected chi connectivity index (χ4v) is 2.91. The normalized spacial score (nSPS) is 17.7. The van der Waals surface area contributed by atoms with Crippen LogP contribution in [-0.2, 0) is 22.7 Å². The zero-order valence-electron chi connectivity index (χ0n) is 14.4. The predicted octanol–water partition coefficient (Wildman–Crippen LogP) is 1.30. The molecular formula is C18H26N4O3. The highest BCUT2D eigenvalue weighted by Gasteiger charge is 2.23. The van der Waals surface area contributed by atoms with E-state index in [4.69, 9.17) is 10.6 Å². The van der Waals surface area contributed by atoms with Gasteiger partial charge in [-0.2, -0.15) is 0 Å². The van der Waals surface area contributed by atoms with Gasteiger partial charge < -0.3 is 11.1 Å². The number of amides is 3. The average Bonchev–Trinajstić information content (AvgIpc) is 2.61. The minimum Gasteiger partial charge on any atom is -0.369 e. The molecule has 2 rings (SSSR count). The molecule has 1 aliphatic heterocycles. The third-order valence-corrected chi connectivity index (χ3v) is 4.12. The van der Waals surface area contributed by atoms with Gasteiger partial charge in [-0.25, -0.2) is 10.3 Å². The smallest absolute Gasteiger partial charge is 0.338 e. The van der Waals surface area contributed by atoms with Crippen molar-refractivity contribution >= 4 is 11.9 Å². The number of nitrogens with zero attached hydrogens (tertiary/aromatic N) is 1. The van der Waals surface area contributed by atoms with Crippen LogP contribution in [0.5, 0.6) is 0 Å². The second kappa shape index (κ2) is 9.80. The highest BCUT2D eigenvalue weighted by Crippen LogP contribution is 2.18. The number of urea groups is 1. The molecule has 4 N–H and O–H groups in total. The van der Waals surface area contributed by atoms with E-state index in [2.05, 4.69) is 28.3 Å². The molecule has 1 fully saturated rings. The molecule has 0 aliphatic carbocycles. The molecule has 1 saturated heterocycles. The van der Waals surface area contributed by atoms with Crippen LogP contribution in [0.3, 0.4) is 0 Å². The molecule has 1 heterocycles. The van der Waals surface area contributed by atoms with Gasteiger partial charge in [-0.05, 0) is 30.5 Å². The molecule has 1 aromatic rings. The van der Waals surface area contributed by atoms with Crippen LogP contribution < -0.4 is 16.5 Å². The van der Waals surface area contributed by atoms with E-state index in [9.17, 15) is 9.59 Å². The Kier molecular flexibility index (Phi) is 7.43. The summed E-state index contributed by atoms with van der Waals surface area (Å²) in [6.45, 7) is 6.60. The van der Waals surface area contributed by atoms with Crippen LogP contribution in [-0.4, -0.2) is 36.5 Å². The number of likely N-dealkylation sites (tertiary alicyclic amines) is 1. The number of rotatable bonds is 8. The van der Waals surface area contributed by atoms with E-state index in [1.54, 1.807) is 6.08 Å². The topological polar surface area (TPSA) is 96.7 Å². The summed E-state index contributed by atoms with van der Waals surface area (Å²) >= 11 is 0. The van der Waals surface area contributed by atoms with Crippen molar-refractivity contribution < 1.29 is 14.4 Å². The lowest BCUT2D eigenvalue weighted by Crippen LogP contribution is -2.40. The lowest BCUT2D eigenvalue weighted by Gasteiger charge is -2.31. The quantitative estimate of drug-likeness (QED) is 0.375. The number of primary amides is 1. The van der Waals surface area contributed by atoms with Crippen LogP contribution in [0, 0.1) is 5.92 Å². The fourth-order valence-electron chi connectivity index (χ4n) is 2.91. The van der Waals surface area contributed by atoms with Crippen LogP contribution in [0.25, 0.3) is 0 Å². The lowest BCUT2D eigenvalue weighted by molar-refractivity contribution is -0.123. The standard InChI is InChI=1S/C18H26N4O3/c1-2-9-25-21-18(24)20-11-14-5-3-6-15(10-14)12-22-8-4-7-16(13-22)17(19)23/h2-3,5-6,10,16H,1,4,7-9,11-13H2,(H2,19,23)(H2,20,21,24). The molecular weight excluding hydrogens is 320 g/mol. The summed E-state index contributed by atoms with van der Waals surface area (Å²) in [5.41, 5.74) is 9.85. The molecule has 0 aromatic heterocycles. The van der Waals surface area contributed by atoms with E-state index in [-0.39, 0.29) is 18.4 Å². The maximum absolute atomic E-state index is 11.6. The minimum atomic E-state index is -0.396.